The van der Waals surface area contributed by atoms with Gasteiger partial charge in [0.05, 0.1) is 0 Å². The Morgan fingerprint density at radius 3 is 2.77 bits per heavy atom. The van der Waals surface area contributed by atoms with Gasteiger partial charge in [-0.15, -0.1) is 0 Å². The number of nitrogens with one attached hydrogen (secondary N) is 1. The normalized spacial score (nSPS) is 10.8. The van der Waals surface area contributed by atoms with Crippen molar-refractivity contribution in [2.45, 2.75) is 6.92 Å². The SMILES string of the molecule is CCOC(=O)Nc1ccc2[se]c3ccccc3c2c1[N+](=O)[O-]. The van der Waals surface area contributed by atoms with Gasteiger partial charge in [0.2, 0.25) is 0 Å². The molecule has 1 N–H and O–H groups in total. The summed E-state index contributed by atoms with van der Waals surface area (Å²) in [5.74, 6) is 0. The number of carbonyl (C=O) groups excluding carboxylic acids is 1. The molecule has 0 unspecified atom stereocenters. The second kappa shape index (κ2) is 5.79. The number of carbonyl (C=O) groups is 1. The molecule has 6 nitrogen and oxygen atoms in total. The van der Waals surface area contributed by atoms with Crippen LogP contribution in [0.3, 0.4) is 0 Å². The number of anilines is 1. The van der Waals surface area contributed by atoms with Gasteiger partial charge in [0.1, 0.15) is 0 Å². The van der Waals surface area contributed by atoms with Crippen LogP contribution in [0.1, 0.15) is 6.92 Å². The number of nitro benzene ring substituents is 1. The van der Waals surface area contributed by atoms with Gasteiger partial charge in [0.15, 0.2) is 0 Å². The molecule has 0 spiro atoms. The number of benzene rings is 2. The number of rotatable bonds is 3. The Labute approximate surface area is 131 Å². The topological polar surface area (TPSA) is 81.5 Å². The predicted molar refractivity (Wildman–Crippen MR) is 85.7 cm³/mol. The Morgan fingerprint density at radius 1 is 1.27 bits per heavy atom. The Morgan fingerprint density at radius 2 is 2.05 bits per heavy atom. The molecular formula is C15H12N2O4Se. The molecule has 1 amide bonds. The molecule has 1 heterocycles. The molecule has 22 heavy (non-hydrogen) atoms. The van der Waals surface area contributed by atoms with Gasteiger partial charge in [-0.1, -0.05) is 0 Å². The Hall–Kier alpha value is -2.37. The van der Waals surface area contributed by atoms with Crippen LogP contribution in [0.25, 0.3) is 19.3 Å². The number of hydrogen-bond acceptors (Lipinski definition) is 4. The van der Waals surface area contributed by atoms with Crippen LogP contribution in [-0.4, -0.2) is 32.1 Å². The third-order valence-corrected chi connectivity index (χ3v) is 5.59. The first-order valence-corrected chi connectivity index (χ1v) is 8.35. The molecule has 1 aromatic heterocycles. The monoisotopic (exact) mass is 364 g/mol. The van der Waals surface area contributed by atoms with Gasteiger partial charge in [-0.25, -0.2) is 0 Å². The van der Waals surface area contributed by atoms with E-state index < -0.39 is 11.0 Å². The van der Waals surface area contributed by atoms with E-state index in [4.69, 9.17) is 4.74 Å². The Kier molecular flexibility index (Phi) is 3.83. The van der Waals surface area contributed by atoms with Crippen molar-refractivity contribution in [2.75, 3.05) is 11.9 Å². The molecular weight excluding hydrogens is 351 g/mol. The van der Waals surface area contributed by atoms with Crippen LogP contribution >= 0.6 is 0 Å². The Bertz CT molecular complexity index is 888. The van der Waals surface area contributed by atoms with Gasteiger partial charge in [0.25, 0.3) is 0 Å². The zero-order valence-corrected chi connectivity index (χ0v) is 13.4. The fraction of sp³-hybridized carbons (Fsp3) is 0.133. The van der Waals surface area contributed by atoms with Gasteiger partial charge in [0, 0.05) is 0 Å². The van der Waals surface area contributed by atoms with Crippen LogP contribution in [0.15, 0.2) is 36.4 Å². The van der Waals surface area contributed by atoms with E-state index in [0.717, 1.165) is 13.9 Å². The number of fused-ring (bicyclic) bond motifs is 3. The van der Waals surface area contributed by atoms with E-state index in [0.29, 0.717) is 5.39 Å². The molecule has 0 aliphatic rings. The number of nitro groups is 1. The molecule has 0 saturated heterocycles. The van der Waals surface area contributed by atoms with Gasteiger partial charge in [-0.3, -0.25) is 0 Å². The summed E-state index contributed by atoms with van der Waals surface area (Å²) in [6.45, 7) is 1.88. The molecule has 0 aliphatic carbocycles. The van der Waals surface area contributed by atoms with Crippen molar-refractivity contribution in [1.29, 1.82) is 0 Å². The van der Waals surface area contributed by atoms with E-state index in [1.807, 2.05) is 30.3 Å². The molecule has 2 aromatic carbocycles. The van der Waals surface area contributed by atoms with E-state index >= 15 is 0 Å². The fourth-order valence-electron chi connectivity index (χ4n) is 2.37. The van der Waals surface area contributed by atoms with Gasteiger partial charge >= 0.3 is 131 Å². The first-order valence-electron chi connectivity index (χ1n) is 6.64. The molecule has 0 radical (unpaired) electrons. The van der Waals surface area contributed by atoms with Gasteiger partial charge < -0.3 is 0 Å². The molecule has 0 aliphatic heterocycles. The van der Waals surface area contributed by atoms with Gasteiger partial charge in [-0.05, 0) is 0 Å². The van der Waals surface area contributed by atoms with Crippen molar-refractivity contribution >= 4 is 51.3 Å². The number of amides is 1. The van der Waals surface area contributed by atoms with Crippen LogP contribution in [0.2, 0.25) is 0 Å². The van der Waals surface area contributed by atoms with Crippen molar-refractivity contribution in [3.8, 4) is 0 Å². The van der Waals surface area contributed by atoms with E-state index in [2.05, 4.69) is 5.32 Å². The molecule has 7 heteroatoms. The summed E-state index contributed by atoms with van der Waals surface area (Å²) >= 11 is 0.0408. The fourth-order valence-corrected chi connectivity index (χ4v) is 4.69. The molecule has 0 atom stereocenters. The van der Waals surface area contributed by atoms with Gasteiger partial charge in [-0.2, -0.15) is 0 Å². The minimum atomic E-state index is -0.692. The third kappa shape index (κ3) is 2.45. The zero-order chi connectivity index (χ0) is 15.7. The van der Waals surface area contributed by atoms with E-state index in [1.54, 1.807) is 13.0 Å². The van der Waals surface area contributed by atoms with Crippen molar-refractivity contribution in [2.24, 2.45) is 0 Å². The van der Waals surface area contributed by atoms with Crippen LogP contribution in [0.4, 0.5) is 16.2 Å². The number of ether oxygens (including phenoxy) is 1. The maximum absolute atomic E-state index is 11.6. The maximum atomic E-state index is 11.6. The summed E-state index contributed by atoms with van der Waals surface area (Å²) in [5.41, 5.74) is 0.0899. The minimum absolute atomic E-state index is 0.0408. The summed E-state index contributed by atoms with van der Waals surface area (Å²) in [6.07, 6.45) is -0.692. The van der Waals surface area contributed by atoms with Crippen LogP contribution < -0.4 is 5.32 Å². The predicted octanol–water partition coefficient (Wildman–Crippen LogP) is 3.53. The van der Waals surface area contributed by atoms with E-state index in [-0.39, 0.29) is 32.5 Å². The van der Waals surface area contributed by atoms with Crippen molar-refractivity contribution < 1.29 is 14.5 Å². The quantitative estimate of drug-likeness (QED) is 0.439. The zero-order valence-electron chi connectivity index (χ0n) is 11.7. The van der Waals surface area contributed by atoms with E-state index in [9.17, 15) is 14.9 Å². The molecule has 0 fully saturated rings. The molecule has 112 valence electrons. The number of nitrogens with zero attached hydrogens (tertiary/aromatic N) is 1. The summed E-state index contributed by atoms with van der Waals surface area (Å²) in [6, 6.07) is 11.1. The van der Waals surface area contributed by atoms with Crippen LogP contribution in [0.5, 0.6) is 0 Å². The van der Waals surface area contributed by atoms with Crippen LogP contribution in [-0.2, 0) is 4.74 Å². The molecule has 0 saturated carbocycles. The third-order valence-electron chi connectivity index (χ3n) is 3.21. The van der Waals surface area contributed by atoms with Crippen molar-refractivity contribution in [3.05, 3.63) is 46.5 Å². The first-order chi connectivity index (χ1) is 10.6. The summed E-state index contributed by atoms with van der Waals surface area (Å²) in [4.78, 5) is 22.7. The second-order valence-corrected chi connectivity index (χ2v) is 6.81. The molecule has 3 aromatic rings. The number of hydrogen-bond donors (Lipinski definition) is 1. The molecule has 0 bridgehead atoms. The average molecular weight is 363 g/mol. The first kappa shape index (κ1) is 14.6. The summed E-state index contributed by atoms with van der Waals surface area (Å²) in [7, 11) is 0. The van der Waals surface area contributed by atoms with Crippen molar-refractivity contribution in [1.82, 2.24) is 0 Å². The van der Waals surface area contributed by atoms with Crippen LogP contribution in [0, 0.1) is 10.1 Å². The van der Waals surface area contributed by atoms with Crippen molar-refractivity contribution in [3.63, 3.8) is 0 Å². The molecule has 3 rings (SSSR count). The Balaban J connectivity index is 2.25. The summed E-state index contributed by atoms with van der Waals surface area (Å²) < 4.78 is 6.87. The van der Waals surface area contributed by atoms with E-state index in [1.165, 1.54) is 0 Å². The average Bonchev–Trinajstić information content (AvgIpc) is 2.85. The second-order valence-electron chi connectivity index (χ2n) is 4.54. The summed E-state index contributed by atoms with van der Waals surface area (Å²) in [5, 5.41) is 15.5. The standard InChI is InChI=1S/C15H12N2O4Se/c1-2-21-15(18)16-10-7-8-12-13(14(10)17(19)20)9-5-3-4-6-11(9)22-12/h3-8H,2H2,1H3,(H,16,18).